The van der Waals surface area contributed by atoms with E-state index in [1.807, 2.05) is 0 Å². The Morgan fingerprint density at radius 3 is 2.80 bits per heavy atom. The second kappa shape index (κ2) is 3.58. The first-order chi connectivity index (χ1) is 7.15. The molecule has 0 atom stereocenters. The maximum Gasteiger partial charge on any atom is 0.245 e. The lowest BCUT2D eigenvalue weighted by molar-refractivity contribution is -0.577. The maximum atomic E-state index is 11.5. The van der Waals surface area contributed by atoms with Crippen molar-refractivity contribution in [1.29, 1.82) is 0 Å². The van der Waals surface area contributed by atoms with Crippen molar-refractivity contribution in [3.63, 3.8) is 0 Å². The first kappa shape index (κ1) is 10.0. The minimum Gasteiger partial charge on any atom is -0.618 e. The van der Waals surface area contributed by atoms with Gasteiger partial charge in [-0.2, -0.15) is 4.73 Å². The molecule has 1 N–H and O–H groups in total. The highest BCUT2D eigenvalue weighted by Gasteiger charge is 2.15. The number of nitrogens with zero attached hydrogens (tertiary/aromatic N) is 1. The Morgan fingerprint density at radius 1 is 1.40 bits per heavy atom. The molecule has 1 aromatic heterocycles. The second-order valence-electron chi connectivity index (χ2n) is 3.00. The summed E-state index contributed by atoms with van der Waals surface area (Å²) in [6, 6.07) is 4.68. The molecule has 0 amide bonds. The van der Waals surface area contributed by atoms with Crippen molar-refractivity contribution in [1.82, 2.24) is 0 Å². The molecule has 4 nitrogen and oxygen atoms in total. The van der Waals surface area contributed by atoms with Gasteiger partial charge in [-0.15, -0.1) is 0 Å². The zero-order chi connectivity index (χ0) is 11.0. The van der Waals surface area contributed by atoms with Crippen LogP contribution in [0.2, 0.25) is 0 Å². The summed E-state index contributed by atoms with van der Waals surface area (Å²) >= 11 is 3.27. The number of aromatic hydroxyl groups is 1. The monoisotopic (exact) mass is 269 g/mol. The standard InChI is InChI=1S/C10H8BrNO3/c1-15-8-3-2-6-7(13)4-5-12(14)10(6)9(8)11/h2-5,13H,1H3. The average Bonchev–Trinajstić information content (AvgIpc) is 2.23. The fourth-order valence-corrected chi connectivity index (χ4v) is 2.11. The van der Waals surface area contributed by atoms with Gasteiger partial charge in [-0.3, -0.25) is 0 Å². The van der Waals surface area contributed by atoms with Crippen LogP contribution >= 0.6 is 15.9 Å². The molecule has 0 aliphatic rings. The second-order valence-corrected chi connectivity index (χ2v) is 3.80. The molecule has 0 radical (unpaired) electrons. The van der Waals surface area contributed by atoms with Crippen molar-refractivity contribution in [3.05, 3.63) is 34.1 Å². The molecule has 0 bridgehead atoms. The number of halogens is 1. The van der Waals surface area contributed by atoms with Crippen LogP contribution < -0.4 is 9.47 Å². The van der Waals surface area contributed by atoms with Crippen LogP contribution in [0.5, 0.6) is 11.5 Å². The van der Waals surface area contributed by atoms with E-state index in [9.17, 15) is 10.3 Å². The van der Waals surface area contributed by atoms with Crippen LogP contribution in [0.15, 0.2) is 28.9 Å². The summed E-state index contributed by atoms with van der Waals surface area (Å²) in [6.07, 6.45) is 1.25. The fourth-order valence-electron chi connectivity index (χ4n) is 1.43. The van der Waals surface area contributed by atoms with Gasteiger partial charge in [-0.1, -0.05) is 0 Å². The molecule has 2 rings (SSSR count). The highest BCUT2D eigenvalue weighted by molar-refractivity contribution is 9.10. The molecular formula is C10H8BrNO3. The molecule has 78 valence electrons. The van der Waals surface area contributed by atoms with Crippen LogP contribution in [-0.4, -0.2) is 12.2 Å². The Balaban J connectivity index is 2.92. The third-order valence-electron chi connectivity index (χ3n) is 2.16. The van der Waals surface area contributed by atoms with Gasteiger partial charge in [0, 0.05) is 6.07 Å². The average molecular weight is 270 g/mol. The van der Waals surface area contributed by atoms with Crippen molar-refractivity contribution in [2.45, 2.75) is 0 Å². The fraction of sp³-hybridized carbons (Fsp3) is 0.100. The number of methoxy groups -OCH3 is 1. The van der Waals surface area contributed by atoms with Crippen LogP contribution in [0.25, 0.3) is 10.9 Å². The first-order valence-corrected chi connectivity index (χ1v) is 5.02. The van der Waals surface area contributed by atoms with Crippen molar-refractivity contribution in [2.75, 3.05) is 7.11 Å². The Kier molecular flexibility index (Phi) is 2.40. The molecule has 0 saturated heterocycles. The Hall–Kier alpha value is -1.49. The van der Waals surface area contributed by atoms with Gasteiger partial charge >= 0.3 is 0 Å². The van der Waals surface area contributed by atoms with E-state index in [4.69, 9.17) is 4.74 Å². The lowest BCUT2D eigenvalue weighted by Gasteiger charge is -2.07. The SMILES string of the molecule is COc1ccc2c(O)cc[n+]([O-])c2c1Br. The number of fused-ring (bicyclic) bond motifs is 1. The summed E-state index contributed by atoms with van der Waals surface area (Å²) in [5, 5.41) is 21.6. The van der Waals surface area contributed by atoms with Gasteiger partial charge in [-0.25, -0.2) is 0 Å². The van der Waals surface area contributed by atoms with Crippen LogP contribution in [0.1, 0.15) is 0 Å². The molecule has 5 heteroatoms. The minimum atomic E-state index is 0.0699. The Labute approximate surface area is 94.4 Å². The number of ether oxygens (including phenoxy) is 1. The molecule has 2 aromatic rings. The van der Waals surface area contributed by atoms with Gasteiger partial charge in [0.05, 0.1) is 12.5 Å². The quantitative estimate of drug-likeness (QED) is 0.636. The van der Waals surface area contributed by atoms with Crippen LogP contribution in [-0.2, 0) is 0 Å². The van der Waals surface area contributed by atoms with Crippen molar-refractivity contribution < 1.29 is 14.6 Å². The molecule has 0 aliphatic heterocycles. The topological polar surface area (TPSA) is 56.4 Å². The minimum absolute atomic E-state index is 0.0699. The first-order valence-electron chi connectivity index (χ1n) is 4.22. The molecule has 0 spiro atoms. The number of rotatable bonds is 1. The van der Waals surface area contributed by atoms with Gasteiger partial charge in [0.15, 0.2) is 6.20 Å². The smallest absolute Gasteiger partial charge is 0.245 e. The molecule has 0 saturated carbocycles. The van der Waals surface area contributed by atoms with E-state index in [1.54, 1.807) is 12.1 Å². The highest BCUT2D eigenvalue weighted by atomic mass is 79.9. The van der Waals surface area contributed by atoms with E-state index >= 15 is 0 Å². The predicted octanol–water partition coefficient (Wildman–Crippen LogP) is 1.95. The van der Waals surface area contributed by atoms with E-state index in [2.05, 4.69) is 15.9 Å². The zero-order valence-corrected chi connectivity index (χ0v) is 9.48. The summed E-state index contributed by atoms with van der Waals surface area (Å²) in [5.41, 5.74) is 0.356. The molecular weight excluding hydrogens is 262 g/mol. The number of pyridine rings is 1. The van der Waals surface area contributed by atoms with Crippen molar-refractivity contribution in [2.24, 2.45) is 0 Å². The van der Waals surface area contributed by atoms with Gasteiger partial charge in [0.1, 0.15) is 16.0 Å². The van der Waals surface area contributed by atoms with E-state index in [0.717, 1.165) is 0 Å². The Morgan fingerprint density at radius 2 is 2.13 bits per heavy atom. The third kappa shape index (κ3) is 1.48. The molecule has 0 aliphatic carbocycles. The van der Waals surface area contributed by atoms with Crippen molar-refractivity contribution >= 4 is 26.8 Å². The van der Waals surface area contributed by atoms with Crippen molar-refractivity contribution in [3.8, 4) is 11.5 Å². The van der Waals surface area contributed by atoms with Crippen LogP contribution in [0.4, 0.5) is 0 Å². The third-order valence-corrected chi connectivity index (χ3v) is 2.93. The summed E-state index contributed by atoms with van der Waals surface area (Å²) in [6.45, 7) is 0. The summed E-state index contributed by atoms with van der Waals surface area (Å²) in [5.74, 6) is 0.623. The van der Waals surface area contributed by atoms with E-state index in [1.165, 1.54) is 19.4 Å². The number of hydrogen-bond donors (Lipinski definition) is 1. The molecule has 15 heavy (non-hydrogen) atoms. The summed E-state index contributed by atoms with van der Waals surface area (Å²) in [7, 11) is 1.52. The highest BCUT2D eigenvalue weighted by Crippen LogP contribution is 2.34. The van der Waals surface area contributed by atoms with E-state index < -0.39 is 0 Å². The summed E-state index contributed by atoms with van der Waals surface area (Å²) in [4.78, 5) is 0. The predicted molar refractivity (Wildman–Crippen MR) is 58.8 cm³/mol. The number of benzene rings is 1. The van der Waals surface area contributed by atoms with E-state index in [-0.39, 0.29) is 5.75 Å². The molecule has 1 heterocycles. The molecule has 0 fully saturated rings. The van der Waals surface area contributed by atoms with E-state index in [0.29, 0.717) is 25.9 Å². The normalized spacial score (nSPS) is 10.5. The van der Waals surface area contributed by atoms with Gasteiger partial charge in [0.25, 0.3) is 0 Å². The largest absolute Gasteiger partial charge is 0.618 e. The Bertz CT molecular complexity index is 528. The maximum absolute atomic E-state index is 11.5. The lowest BCUT2D eigenvalue weighted by atomic mass is 10.2. The van der Waals surface area contributed by atoms with Crippen LogP contribution in [0.3, 0.4) is 0 Å². The lowest BCUT2D eigenvalue weighted by Crippen LogP contribution is -2.26. The van der Waals surface area contributed by atoms with Crippen LogP contribution in [0, 0.1) is 5.21 Å². The van der Waals surface area contributed by atoms with Gasteiger partial charge in [-0.05, 0) is 28.1 Å². The molecule has 1 aromatic carbocycles. The summed E-state index contributed by atoms with van der Waals surface area (Å²) < 4.78 is 6.28. The van der Waals surface area contributed by atoms with Gasteiger partial charge in [0.2, 0.25) is 5.52 Å². The zero-order valence-electron chi connectivity index (χ0n) is 7.90. The number of hydrogen-bond acceptors (Lipinski definition) is 3. The van der Waals surface area contributed by atoms with Gasteiger partial charge < -0.3 is 15.1 Å². The molecule has 0 unspecified atom stereocenters. The number of aromatic nitrogens is 1.